The SMILES string of the molecule is Cc1[nH]n2c(=O)cc(CSc3nnc(N)s3)nc2c1-c1ccc(F)cc1. The van der Waals surface area contributed by atoms with Gasteiger partial charge in [0.25, 0.3) is 5.56 Å². The number of thioether (sulfide) groups is 1. The van der Waals surface area contributed by atoms with Crippen LogP contribution in [0.5, 0.6) is 0 Å². The molecule has 3 N–H and O–H groups in total. The number of benzene rings is 1. The van der Waals surface area contributed by atoms with E-state index in [2.05, 4.69) is 20.3 Å². The van der Waals surface area contributed by atoms with Crippen LogP contribution < -0.4 is 11.3 Å². The maximum atomic E-state index is 13.2. The highest BCUT2D eigenvalue weighted by Crippen LogP contribution is 2.29. The van der Waals surface area contributed by atoms with Crippen molar-refractivity contribution in [2.24, 2.45) is 0 Å². The van der Waals surface area contributed by atoms with Gasteiger partial charge < -0.3 is 5.73 Å². The average Bonchev–Trinajstić information content (AvgIpc) is 3.17. The van der Waals surface area contributed by atoms with Crippen LogP contribution in [0.4, 0.5) is 9.52 Å². The average molecular weight is 388 g/mol. The van der Waals surface area contributed by atoms with Crippen molar-refractivity contribution in [3.63, 3.8) is 0 Å². The molecular formula is C16H13FN6OS2. The summed E-state index contributed by atoms with van der Waals surface area (Å²) in [5.74, 6) is 0.151. The van der Waals surface area contributed by atoms with Gasteiger partial charge in [-0.15, -0.1) is 10.2 Å². The number of nitrogens with one attached hydrogen (secondary N) is 1. The summed E-state index contributed by atoms with van der Waals surface area (Å²) in [5, 5.41) is 11.1. The van der Waals surface area contributed by atoms with Gasteiger partial charge in [-0.05, 0) is 24.6 Å². The molecule has 0 aliphatic rings. The second-order valence-electron chi connectivity index (χ2n) is 5.56. The fourth-order valence-electron chi connectivity index (χ4n) is 2.65. The standard InChI is InChI=1S/C16H13FN6OS2/c1-8-13(9-2-4-10(17)5-3-9)14-19-11(6-12(24)23(14)22-8)7-25-16-21-20-15(18)26-16/h2-6,22H,7H2,1H3,(H2,18,20). The lowest BCUT2D eigenvalue weighted by Crippen LogP contribution is -2.15. The highest BCUT2D eigenvalue weighted by atomic mass is 32.2. The molecule has 0 bridgehead atoms. The number of nitrogens with zero attached hydrogens (tertiary/aromatic N) is 4. The Morgan fingerprint density at radius 2 is 2.08 bits per heavy atom. The first-order valence-corrected chi connectivity index (χ1v) is 9.40. The molecule has 0 fully saturated rings. The fourth-order valence-corrected chi connectivity index (χ4v) is 4.18. The summed E-state index contributed by atoms with van der Waals surface area (Å²) in [5.41, 5.74) is 8.84. The number of hydrogen-bond donors (Lipinski definition) is 2. The van der Waals surface area contributed by atoms with Crippen molar-refractivity contribution in [3.05, 3.63) is 57.9 Å². The number of aromatic amines is 1. The lowest BCUT2D eigenvalue weighted by molar-refractivity contribution is 0.628. The number of aromatic nitrogens is 5. The van der Waals surface area contributed by atoms with E-state index in [0.717, 1.165) is 16.8 Å². The quantitative estimate of drug-likeness (QED) is 0.521. The number of H-pyrrole nitrogens is 1. The molecule has 0 unspecified atom stereocenters. The summed E-state index contributed by atoms with van der Waals surface area (Å²) >= 11 is 2.70. The summed E-state index contributed by atoms with van der Waals surface area (Å²) in [6, 6.07) is 7.59. The van der Waals surface area contributed by atoms with Crippen LogP contribution in [-0.2, 0) is 5.75 Å². The molecule has 0 aliphatic heterocycles. The first-order valence-electron chi connectivity index (χ1n) is 7.60. The minimum absolute atomic E-state index is 0.209. The van der Waals surface area contributed by atoms with E-state index in [1.54, 1.807) is 12.1 Å². The van der Waals surface area contributed by atoms with Gasteiger partial charge in [-0.2, -0.15) is 0 Å². The minimum atomic E-state index is -0.315. The zero-order chi connectivity index (χ0) is 18.3. The second-order valence-corrected chi connectivity index (χ2v) is 7.79. The Labute approximate surface area is 155 Å². The van der Waals surface area contributed by atoms with E-state index in [1.165, 1.54) is 45.8 Å². The number of anilines is 1. The van der Waals surface area contributed by atoms with Gasteiger partial charge in [0.05, 0.1) is 5.69 Å². The molecule has 3 heterocycles. The molecule has 0 spiro atoms. The normalized spacial score (nSPS) is 11.3. The summed E-state index contributed by atoms with van der Waals surface area (Å²) in [7, 11) is 0. The van der Waals surface area contributed by atoms with Crippen LogP contribution >= 0.6 is 23.1 Å². The Morgan fingerprint density at radius 3 is 2.77 bits per heavy atom. The number of hydrogen-bond acceptors (Lipinski definition) is 7. The highest BCUT2D eigenvalue weighted by molar-refractivity contribution is 8.00. The van der Waals surface area contributed by atoms with E-state index in [-0.39, 0.29) is 11.4 Å². The van der Waals surface area contributed by atoms with Crippen LogP contribution in [0.25, 0.3) is 16.8 Å². The van der Waals surface area contributed by atoms with Crippen LogP contribution in [0.15, 0.2) is 39.5 Å². The Balaban J connectivity index is 1.76. The molecule has 0 radical (unpaired) electrons. The lowest BCUT2D eigenvalue weighted by Gasteiger charge is -2.03. The molecule has 4 aromatic rings. The summed E-state index contributed by atoms with van der Waals surface area (Å²) < 4.78 is 15.3. The molecular weight excluding hydrogens is 375 g/mol. The largest absolute Gasteiger partial charge is 0.374 e. The predicted molar refractivity (Wildman–Crippen MR) is 99.8 cm³/mol. The van der Waals surface area contributed by atoms with Gasteiger partial charge in [0.2, 0.25) is 5.13 Å². The van der Waals surface area contributed by atoms with Gasteiger partial charge in [-0.1, -0.05) is 35.2 Å². The molecule has 3 aromatic heterocycles. The summed E-state index contributed by atoms with van der Waals surface area (Å²) in [6.07, 6.45) is 0. The number of rotatable bonds is 4. The molecule has 0 saturated carbocycles. The lowest BCUT2D eigenvalue weighted by atomic mass is 10.1. The molecule has 1 aromatic carbocycles. The molecule has 7 nitrogen and oxygen atoms in total. The van der Waals surface area contributed by atoms with Crippen molar-refractivity contribution in [1.29, 1.82) is 0 Å². The molecule has 132 valence electrons. The van der Waals surface area contributed by atoms with E-state index in [4.69, 9.17) is 5.73 Å². The van der Waals surface area contributed by atoms with Crippen LogP contribution in [0.3, 0.4) is 0 Å². The Hall–Kier alpha value is -2.72. The third kappa shape index (κ3) is 3.08. The molecule has 0 amide bonds. The fraction of sp³-hybridized carbons (Fsp3) is 0.125. The van der Waals surface area contributed by atoms with Crippen molar-refractivity contribution in [2.45, 2.75) is 17.0 Å². The van der Waals surface area contributed by atoms with E-state index < -0.39 is 0 Å². The molecule has 4 rings (SSSR count). The topological polar surface area (TPSA) is 102 Å². The second kappa shape index (κ2) is 6.54. The minimum Gasteiger partial charge on any atom is -0.374 e. The van der Waals surface area contributed by atoms with Crippen LogP contribution in [-0.4, -0.2) is 24.8 Å². The maximum absolute atomic E-state index is 13.2. The highest BCUT2D eigenvalue weighted by Gasteiger charge is 2.15. The first-order chi connectivity index (χ1) is 12.5. The zero-order valence-corrected chi connectivity index (χ0v) is 15.2. The molecule has 26 heavy (non-hydrogen) atoms. The van der Waals surface area contributed by atoms with Gasteiger partial charge in [-0.3, -0.25) is 9.89 Å². The van der Waals surface area contributed by atoms with Crippen LogP contribution in [0.1, 0.15) is 11.4 Å². The van der Waals surface area contributed by atoms with Crippen molar-refractivity contribution in [2.75, 3.05) is 5.73 Å². The summed E-state index contributed by atoms with van der Waals surface area (Å²) in [4.78, 5) is 17.1. The van der Waals surface area contributed by atoms with Gasteiger partial charge in [-0.25, -0.2) is 13.9 Å². The maximum Gasteiger partial charge on any atom is 0.272 e. The van der Waals surface area contributed by atoms with Crippen LogP contribution in [0, 0.1) is 12.7 Å². The van der Waals surface area contributed by atoms with Crippen molar-refractivity contribution in [1.82, 2.24) is 24.8 Å². The number of nitrogen functional groups attached to an aromatic ring is 1. The van der Waals surface area contributed by atoms with Crippen molar-refractivity contribution < 1.29 is 4.39 Å². The molecule has 0 atom stereocenters. The number of aryl methyl sites for hydroxylation is 1. The predicted octanol–water partition coefficient (Wildman–Crippen LogP) is 2.86. The zero-order valence-electron chi connectivity index (χ0n) is 13.6. The van der Waals surface area contributed by atoms with Gasteiger partial charge in [0, 0.05) is 23.1 Å². The Bertz CT molecular complexity index is 1150. The number of fused-ring (bicyclic) bond motifs is 1. The van der Waals surface area contributed by atoms with Crippen molar-refractivity contribution in [3.8, 4) is 11.1 Å². The molecule has 10 heteroatoms. The third-order valence-corrected chi connectivity index (χ3v) is 5.67. The number of halogens is 1. The van der Waals surface area contributed by atoms with E-state index in [0.29, 0.717) is 26.6 Å². The smallest absolute Gasteiger partial charge is 0.272 e. The monoisotopic (exact) mass is 388 g/mol. The van der Waals surface area contributed by atoms with E-state index >= 15 is 0 Å². The van der Waals surface area contributed by atoms with Gasteiger partial charge in [0.1, 0.15) is 5.82 Å². The van der Waals surface area contributed by atoms with Gasteiger partial charge in [0.15, 0.2) is 9.99 Å². The molecule has 0 saturated heterocycles. The summed E-state index contributed by atoms with van der Waals surface area (Å²) in [6.45, 7) is 1.85. The van der Waals surface area contributed by atoms with Crippen LogP contribution in [0.2, 0.25) is 0 Å². The first kappa shape index (κ1) is 16.7. The van der Waals surface area contributed by atoms with Crippen molar-refractivity contribution >= 4 is 33.9 Å². The number of nitrogens with two attached hydrogens (primary N) is 1. The molecule has 0 aliphatic carbocycles. The van der Waals surface area contributed by atoms with E-state index in [9.17, 15) is 9.18 Å². The van der Waals surface area contributed by atoms with Gasteiger partial charge >= 0.3 is 0 Å². The Morgan fingerprint density at radius 1 is 1.31 bits per heavy atom. The Kier molecular flexibility index (Phi) is 4.21. The third-order valence-electron chi connectivity index (χ3n) is 3.75. The van der Waals surface area contributed by atoms with E-state index in [1.807, 2.05) is 6.92 Å².